The van der Waals surface area contributed by atoms with Gasteiger partial charge in [-0.05, 0) is 12.1 Å². The summed E-state index contributed by atoms with van der Waals surface area (Å²) in [6.07, 6.45) is 3.36. The molecule has 0 saturated heterocycles. The predicted molar refractivity (Wildman–Crippen MR) is 58.9 cm³/mol. The van der Waals surface area contributed by atoms with E-state index in [1.165, 1.54) is 13.2 Å². The Balaban J connectivity index is 3.09. The lowest BCUT2D eigenvalue weighted by atomic mass is 10.1. The quantitative estimate of drug-likeness (QED) is 0.574. The lowest BCUT2D eigenvalue weighted by molar-refractivity contribution is -0.385. The van der Waals surface area contributed by atoms with Crippen LogP contribution < -0.4 is 4.74 Å². The molecule has 0 aliphatic carbocycles. The lowest BCUT2D eigenvalue weighted by Gasteiger charge is -2.01. The summed E-state index contributed by atoms with van der Waals surface area (Å²) >= 11 is 0. The molecule has 0 aliphatic rings. The summed E-state index contributed by atoms with van der Waals surface area (Å²) in [4.78, 5) is 10.3. The van der Waals surface area contributed by atoms with E-state index in [0.717, 1.165) is 0 Å². The van der Waals surface area contributed by atoms with Crippen molar-refractivity contribution in [1.29, 1.82) is 5.26 Å². The number of hydrogen-bond donors (Lipinski definition) is 0. The molecule has 0 fully saturated rings. The van der Waals surface area contributed by atoms with Gasteiger partial charge in [-0.3, -0.25) is 10.1 Å². The van der Waals surface area contributed by atoms with Gasteiger partial charge in [0, 0.05) is 0 Å². The zero-order valence-electron chi connectivity index (χ0n) is 8.71. The molecule has 0 N–H and O–H groups in total. The lowest BCUT2D eigenvalue weighted by Crippen LogP contribution is -1.93. The van der Waals surface area contributed by atoms with Crippen molar-refractivity contribution in [2.24, 2.45) is 0 Å². The Labute approximate surface area is 92.7 Å². The van der Waals surface area contributed by atoms with Crippen LogP contribution in [0.3, 0.4) is 0 Å². The van der Waals surface area contributed by atoms with E-state index in [-0.39, 0.29) is 12.1 Å². The molecule has 5 nitrogen and oxygen atoms in total. The number of nitriles is 1. The first kappa shape index (κ1) is 11.7. The SMILES string of the molecule is COc1ccc(C=CCC#N)c([N+](=O)[O-])c1. The Morgan fingerprint density at radius 1 is 1.62 bits per heavy atom. The maximum atomic E-state index is 10.8. The molecule has 5 heteroatoms. The van der Waals surface area contributed by atoms with Crippen LogP contribution in [0.2, 0.25) is 0 Å². The smallest absolute Gasteiger partial charge is 0.280 e. The molecule has 0 spiro atoms. The maximum Gasteiger partial charge on any atom is 0.280 e. The van der Waals surface area contributed by atoms with Crippen LogP contribution in [0.25, 0.3) is 6.08 Å². The van der Waals surface area contributed by atoms with Crippen LogP contribution in [0.4, 0.5) is 5.69 Å². The van der Waals surface area contributed by atoms with Gasteiger partial charge in [-0.25, -0.2) is 0 Å². The number of nitrogens with zero attached hydrogens (tertiary/aromatic N) is 2. The highest BCUT2D eigenvalue weighted by Crippen LogP contribution is 2.25. The molecular formula is C11H10N2O3. The number of methoxy groups -OCH3 is 1. The highest BCUT2D eigenvalue weighted by Gasteiger charge is 2.12. The Bertz CT molecular complexity index is 461. The molecule has 0 aliphatic heterocycles. The zero-order chi connectivity index (χ0) is 12.0. The third-order valence-electron chi connectivity index (χ3n) is 1.94. The van der Waals surface area contributed by atoms with Crippen LogP contribution in [0.15, 0.2) is 24.3 Å². The average Bonchev–Trinajstić information content (AvgIpc) is 2.29. The van der Waals surface area contributed by atoms with Crippen LogP contribution in [-0.2, 0) is 0 Å². The van der Waals surface area contributed by atoms with Crippen molar-refractivity contribution in [3.8, 4) is 11.8 Å². The van der Waals surface area contributed by atoms with Crippen molar-refractivity contribution in [2.75, 3.05) is 7.11 Å². The van der Waals surface area contributed by atoms with E-state index in [9.17, 15) is 10.1 Å². The van der Waals surface area contributed by atoms with E-state index in [1.807, 2.05) is 6.07 Å². The van der Waals surface area contributed by atoms with Gasteiger partial charge in [0.1, 0.15) is 5.75 Å². The molecule has 1 aromatic carbocycles. The van der Waals surface area contributed by atoms with Gasteiger partial charge in [-0.15, -0.1) is 0 Å². The summed E-state index contributed by atoms with van der Waals surface area (Å²) in [5.41, 5.74) is 0.426. The standard InChI is InChI=1S/C11H10N2O3/c1-16-10-6-5-9(4-2-3-7-12)11(8-10)13(14)15/h2,4-6,8H,3H2,1H3. The van der Waals surface area contributed by atoms with E-state index in [4.69, 9.17) is 10.00 Å². The molecule has 0 atom stereocenters. The molecule has 0 saturated carbocycles. The van der Waals surface area contributed by atoms with Gasteiger partial charge in [0.15, 0.2) is 0 Å². The normalized spacial score (nSPS) is 10.0. The summed E-state index contributed by atoms with van der Waals surface area (Å²) in [5.74, 6) is 0.434. The second-order valence-corrected chi connectivity index (χ2v) is 2.95. The molecular weight excluding hydrogens is 208 g/mol. The number of nitro groups is 1. The van der Waals surface area contributed by atoms with Crippen LogP contribution >= 0.6 is 0 Å². The first-order valence-electron chi connectivity index (χ1n) is 4.55. The fourth-order valence-corrected chi connectivity index (χ4v) is 1.19. The van der Waals surface area contributed by atoms with Gasteiger partial charge in [-0.2, -0.15) is 5.26 Å². The second kappa shape index (κ2) is 5.51. The first-order valence-corrected chi connectivity index (χ1v) is 4.55. The van der Waals surface area contributed by atoms with Crippen LogP contribution in [0, 0.1) is 21.4 Å². The predicted octanol–water partition coefficient (Wildman–Crippen LogP) is 2.53. The number of allylic oxidation sites excluding steroid dienone is 1. The van der Waals surface area contributed by atoms with E-state index in [0.29, 0.717) is 11.3 Å². The molecule has 0 aromatic heterocycles. The Morgan fingerprint density at radius 2 is 2.38 bits per heavy atom. The molecule has 1 rings (SSSR count). The molecule has 82 valence electrons. The molecule has 16 heavy (non-hydrogen) atoms. The minimum absolute atomic E-state index is 0.0338. The van der Waals surface area contributed by atoms with Crippen molar-refractivity contribution in [1.82, 2.24) is 0 Å². The highest BCUT2D eigenvalue weighted by atomic mass is 16.6. The van der Waals surface area contributed by atoms with Crippen molar-refractivity contribution < 1.29 is 9.66 Å². The molecule has 1 aromatic rings. The molecule has 0 bridgehead atoms. The second-order valence-electron chi connectivity index (χ2n) is 2.95. The Hall–Kier alpha value is -2.35. The summed E-state index contributed by atoms with van der Waals surface area (Å²) in [5, 5.41) is 19.1. The minimum atomic E-state index is -0.478. The van der Waals surface area contributed by atoms with E-state index < -0.39 is 4.92 Å². The first-order chi connectivity index (χ1) is 7.69. The number of benzene rings is 1. The Morgan fingerprint density at radius 3 is 2.94 bits per heavy atom. The molecule has 0 radical (unpaired) electrons. The molecule has 0 unspecified atom stereocenters. The maximum absolute atomic E-state index is 10.8. The van der Waals surface area contributed by atoms with Gasteiger partial charge >= 0.3 is 0 Å². The number of nitro benzene ring substituents is 1. The van der Waals surface area contributed by atoms with Crippen molar-refractivity contribution in [2.45, 2.75) is 6.42 Å². The Kier molecular flexibility index (Phi) is 4.04. The van der Waals surface area contributed by atoms with Crippen molar-refractivity contribution in [3.05, 3.63) is 40.0 Å². The fourth-order valence-electron chi connectivity index (χ4n) is 1.19. The summed E-state index contributed by atoms with van der Waals surface area (Å²) in [6.45, 7) is 0. The van der Waals surface area contributed by atoms with Gasteiger partial charge in [0.05, 0.1) is 36.2 Å². The fraction of sp³-hybridized carbons (Fsp3) is 0.182. The summed E-state index contributed by atoms with van der Waals surface area (Å²) in [6, 6.07) is 6.51. The van der Waals surface area contributed by atoms with Gasteiger partial charge in [-0.1, -0.05) is 12.2 Å². The van der Waals surface area contributed by atoms with E-state index >= 15 is 0 Å². The number of rotatable bonds is 4. The van der Waals surface area contributed by atoms with Crippen LogP contribution in [0.5, 0.6) is 5.75 Å². The van der Waals surface area contributed by atoms with Gasteiger partial charge in [0.25, 0.3) is 5.69 Å². The highest BCUT2D eigenvalue weighted by molar-refractivity contribution is 5.62. The van der Waals surface area contributed by atoms with Gasteiger partial charge in [0.2, 0.25) is 0 Å². The van der Waals surface area contributed by atoms with Gasteiger partial charge < -0.3 is 4.74 Å². The monoisotopic (exact) mass is 218 g/mol. The third kappa shape index (κ3) is 2.82. The molecule has 0 heterocycles. The minimum Gasteiger partial charge on any atom is -0.497 e. The summed E-state index contributed by atoms with van der Waals surface area (Å²) < 4.78 is 4.90. The van der Waals surface area contributed by atoms with Crippen molar-refractivity contribution in [3.63, 3.8) is 0 Å². The number of hydrogen-bond acceptors (Lipinski definition) is 4. The summed E-state index contributed by atoms with van der Waals surface area (Å²) in [7, 11) is 1.45. The largest absolute Gasteiger partial charge is 0.497 e. The van der Waals surface area contributed by atoms with E-state index in [1.54, 1.807) is 24.3 Å². The average molecular weight is 218 g/mol. The van der Waals surface area contributed by atoms with E-state index in [2.05, 4.69) is 0 Å². The number of ether oxygens (including phenoxy) is 1. The van der Waals surface area contributed by atoms with Crippen LogP contribution in [0.1, 0.15) is 12.0 Å². The third-order valence-corrected chi connectivity index (χ3v) is 1.94. The van der Waals surface area contributed by atoms with Crippen molar-refractivity contribution >= 4 is 11.8 Å². The zero-order valence-corrected chi connectivity index (χ0v) is 8.71. The molecule has 0 amide bonds. The topological polar surface area (TPSA) is 76.2 Å². The van der Waals surface area contributed by atoms with Crippen LogP contribution in [-0.4, -0.2) is 12.0 Å².